The van der Waals surface area contributed by atoms with Gasteiger partial charge in [0.05, 0.1) is 13.2 Å². The van der Waals surface area contributed by atoms with Crippen molar-refractivity contribution in [2.75, 3.05) is 13.2 Å². The van der Waals surface area contributed by atoms with Gasteiger partial charge in [0.25, 0.3) is 0 Å². The highest BCUT2D eigenvalue weighted by atomic mass is 16.7. The molecule has 21 heavy (non-hydrogen) atoms. The van der Waals surface area contributed by atoms with Gasteiger partial charge < -0.3 is 24.8 Å². The van der Waals surface area contributed by atoms with Crippen molar-refractivity contribution in [2.45, 2.75) is 30.7 Å². The predicted octanol–water partition coefficient (Wildman–Crippen LogP) is -0.711. The Balaban J connectivity index is 1.94. The third-order valence-corrected chi connectivity index (χ3v) is 3.31. The smallest absolute Gasteiger partial charge is 0.237 e. The fraction of sp³-hybridized carbons (Fsp3) is 0.538. The van der Waals surface area contributed by atoms with Crippen LogP contribution >= 0.6 is 0 Å². The second kappa shape index (κ2) is 6.46. The molecule has 1 fully saturated rings. The van der Waals surface area contributed by atoms with Gasteiger partial charge in [-0.2, -0.15) is 0 Å². The number of nitro groups is 1. The molecule has 116 valence electrons. The van der Waals surface area contributed by atoms with Crippen LogP contribution in [0.15, 0.2) is 30.3 Å². The number of aliphatic hydroxyl groups is 3. The topological polar surface area (TPSA) is 122 Å². The highest BCUT2D eigenvalue weighted by molar-refractivity contribution is 5.13. The van der Waals surface area contributed by atoms with Gasteiger partial charge in [-0.15, -0.1) is 0 Å². The Bertz CT molecular complexity index is 483. The SMILES string of the molecule is O=[N+]([O-])C[C@@]1(O)CO[C@@H](OCc2ccccc2)[C@@H](O)[C@@H]1O. The third-order valence-electron chi connectivity index (χ3n) is 3.31. The van der Waals surface area contributed by atoms with E-state index in [1.807, 2.05) is 30.3 Å². The molecule has 8 heteroatoms. The molecular formula is C13H17NO7. The maximum absolute atomic E-state index is 10.5. The van der Waals surface area contributed by atoms with Crippen LogP contribution < -0.4 is 0 Å². The van der Waals surface area contributed by atoms with Gasteiger partial charge in [-0.05, 0) is 5.56 Å². The Hall–Kier alpha value is -1.58. The number of benzene rings is 1. The number of nitrogens with zero attached hydrogens (tertiary/aromatic N) is 1. The quantitative estimate of drug-likeness (QED) is 0.485. The molecule has 1 aliphatic heterocycles. The summed E-state index contributed by atoms with van der Waals surface area (Å²) in [6, 6.07) is 9.11. The Labute approximate surface area is 120 Å². The molecule has 0 bridgehead atoms. The van der Waals surface area contributed by atoms with Gasteiger partial charge >= 0.3 is 0 Å². The van der Waals surface area contributed by atoms with Crippen molar-refractivity contribution < 1.29 is 29.7 Å². The number of aliphatic hydroxyl groups excluding tert-OH is 2. The molecular weight excluding hydrogens is 282 g/mol. The lowest BCUT2D eigenvalue weighted by atomic mass is 9.90. The van der Waals surface area contributed by atoms with Gasteiger partial charge in [0.1, 0.15) is 12.2 Å². The van der Waals surface area contributed by atoms with Gasteiger partial charge in [-0.3, -0.25) is 10.1 Å². The van der Waals surface area contributed by atoms with Gasteiger partial charge in [0.2, 0.25) is 6.54 Å². The van der Waals surface area contributed by atoms with Crippen LogP contribution in [0.3, 0.4) is 0 Å². The highest BCUT2D eigenvalue weighted by Crippen LogP contribution is 2.26. The molecule has 0 aliphatic carbocycles. The molecule has 0 aromatic heterocycles. The minimum absolute atomic E-state index is 0.142. The molecule has 4 atom stereocenters. The van der Waals surface area contributed by atoms with Gasteiger partial charge in [0.15, 0.2) is 11.9 Å². The van der Waals surface area contributed by atoms with E-state index in [9.17, 15) is 25.4 Å². The first-order valence-corrected chi connectivity index (χ1v) is 6.40. The van der Waals surface area contributed by atoms with E-state index in [1.165, 1.54) is 0 Å². The molecule has 0 radical (unpaired) electrons. The zero-order chi connectivity index (χ0) is 15.5. The second-order valence-electron chi connectivity index (χ2n) is 5.01. The van der Waals surface area contributed by atoms with E-state index in [0.717, 1.165) is 5.56 Å². The van der Waals surface area contributed by atoms with Crippen LogP contribution in [0.5, 0.6) is 0 Å². The standard InChI is InChI=1S/C13H17NO7/c15-10-11(16)13(17,7-14(18)19)8-21-12(10)20-6-9-4-2-1-3-5-9/h1-5,10-12,15-17H,6-8H2/t10-,11-,12+,13+/m0/s1. The van der Waals surface area contributed by atoms with Gasteiger partial charge in [-0.1, -0.05) is 30.3 Å². The fourth-order valence-electron chi connectivity index (χ4n) is 2.14. The van der Waals surface area contributed by atoms with Crippen molar-refractivity contribution in [3.63, 3.8) is 0 Å². The molecule has 1 heterocycles. The Morgan fingerprint density at radius 1 is 1.38 bits per heavy atom. The summed E-state index contributed by atoms with van der Waals surface area (Å²) in [5.41, 5.74) is -1.29. The first-order valence-electron chi connectivity index (χ1n) is 6.40. The molecule has 2 rings (SSSR count). The Kier molecular flexibility index (Phi) is 4.86. The van der Waals surface area contributed by atoms with Crippen LogP contribution in [0.4, 0.5) is 0 Å². The summed E-state index contributed by atoms with van der Waals surface area (Å²) >= 11 is 0. The van der Waals surface area contributed by atoms with E-state index < -0.39 is 42.2 Å². The molecule has 1 aliphatic rings. The highest BCUT2D eigenvalue weighted by Gasteiger charge is 2.52. The first kappa shape index (κ1) is 15.8. The molecule has 0 unspecified atom stereocenters. The monoisotopic (exact) mass is 299 g/mol. The minimum Gasteiger partial charge on any atom is -0.387 e. The number of hydrogen-bond acceptors (Lipinski definition) is 7. The molecule has 0 spiro atoms. The van der Waals surface area contributed by atoms with Crippen molar-refractivity contribution >= 4 is 0 Å². The summed E-state index contributed by atoms with van der Waals surface area (Å²) in [5.74, 6) is 0. The van der Waals surface area contributed by atoms with Gasteiger partial charge in [-0.25, -0.2) is 0 Å². The summed E-state index contributed by atoms with van der Waals surface area (Å²) in [6.07, 6.45) is -4.46. The number of rotatable bonds is 5. The maximum atomic E-state index is 10.5. The van der Waals surface area contributed by atoms with Crippen LogP contribution in [-0.2, 0) is 16.1 Å². The lowest BCUT2D eigenvalue weighted by Gasteiger charge is -2.40. The van der Waals surface area contributed by atoms with E-state index >= 15 is 0 Å². The average Bonchev–Trinajstić information content (AvgIpc) is 2.45. The van der Waals surface area contributed by atoms with Crippen LogP contribution in [-0.4, -0.2) is 57.5 Å². The summed E-state index contributed by atoms with van der Waals surface area (Å²) in [4.78, 5) is 9.71. The molecule has 0 amide bonds. The van der Waals surface area contributed by atoms with Crippen molar-refractivity contribution in [2.24, 2.45) is 0 Å². The molecule has 1 aromatic carbocycles. The Morgan fingerprint density at radius 3 is 2.67 bits per heavy atom. The summed E-state index contributed by atoms with van der Waals surface area (Å²) in [6.45, 7) is -1.27. The second-order valence-corrected chi connectivity index (χ2v) is 5.01. The van der Waals surface area contributed by atoms with E-state index in [4.69, 9.17) is 9.47 Å². The lowest BCUT2D eigenvalue weighted by Crippen LogP contribution is -2.64. The normalized spacial score (nSPS) is 32.8. The van der Waals surface area contributed by atoms with E-state index in [-0.39, 0.29) is 6.61 Å². The van der Waals surface area contributed by atoms with Crippen molar-refractivity contribution in [1.29, 1.82) is 0 Å². The van der Waals surface area contributed by atoms with E-state index in [0.29, 0.717) is 0 Å². The summed E-state index contributed by atoms with van der Waals surface area (Å²) in [5, 5.41) is 40.2. The molecule has 0 saturated carbocycles. The maximum Gasteiger partial charge on any atom is 0.237 e. The van der Waals surface area contributed by atoms with Crippen LogP contribution in [0.1, 0.15) is 5.56 Å². The number of ether oxygens (including phenoxy) is 2. The first-order chi connectivity index (χ1) is 9.92. The third kappa shape index (κ3) is 3.74. The van der Waals surface area contributed by atoms with Gasteiger partial charge in [0, 0.05) is 4.92 Å². The van der Waals surface area contributed by atoms with Crippen LogP contribution in [0.2, 0.25) is 0 Å². The summed E-state index contributed by atoms with van der Waals surface area (Å²) in [7, 11) is 0. The lowest BCUT2D eigenvalue weighted by molar-refractivity contribution is -0.512. The van der Waals surface area contributed by atoms with E-state index in [1.54, 1.807) is 0 Å². The molecule has 8 nitrogen and oxygen atoms in total. The number of hydrogen-bond donors (Lipinski definition) is 3. The van der Waals surface area contributed by atoms with Crippen LogP contribution in [0, 0.1) is 10.1 Å². The zero-order valence-electron chi connectivity index (χ0n) is 11.2. The van der Waals surface area contributed by atoms with Crippen LogP contribution in [0.25, 0.3) is 0 Å². The average molecular weight is 299 g/mol. The minimum atomic E-state index is -2.13. The largest absolute Gasteiger partial charge is 0.387 e. The molecule has 1 saturated heterocycles. The predicted molar refractivity (Wildman–Crippen MR) is 69.8 cm³/mol. The molecule has 3 N–H and O–H groups in total. The van der Waals surface area contributed by atoms with Crippen molar-refractivity contribution in [3.05, 3.63) is 46.0 Å². The fourth-order valence-corrected chi connectivity index (χ4v) is 2.14. The van der Waals surface area contributed by atoms with E-state index in [2.05, 4.69) is 0 Å². The zero-order valence-corrected chi connectivity index (χ0v) is 11.2. The molecule has 1 aromatic rings. The Morgan fingerprint density at radius 2 is 2.05 bits per heavy atom. The summed E-state index contributed by atoms with van der Waals surface area (Å²) < 4.78 is 10.4. The van der Waals surface area contributed by atoms with Crippen molar-refractivity contribution in [1.82, 2.24) is 0 Å². The van der Waals surface area contributed by atoms with Crippen molar-refractivity contribution in [3.8, 4) is 0 Å².